The number of nitrogens with zero attached hydrogens (tertiary/aromatic N) is 1. The fourth-order valence-electron chi connectivity index (χ4n) is 2.54. The zero-order valence-corrected chi connectivity index (χ0v) is 14.9. The van der Waals surface area contributed by atoms with Crippen LogP contribution in [0.15, 0.2) is 42.5 Å². The SMILES string of the molecule is CCI1C(=O)Oc2ccc(-c3ccc(CC(N)C#N)cc3)cc21. The van der Waals surface area contributed by atoms with Crippen LogP contribution in [0, 0.1) is 14.9 Å². The van der Waals surface area contributed by atoms with E-state index in [1.807, 2.05) is 42.5 Å². The molecule has 23 heavy (non-hydrogen) atoms. The third kappa shape index (κ3) is 3.23. The number of alkyl halides is 1. The summed E-state index contributed by atoms with van der Waals surface area (Å²) in [5, 5.41) is 8.78. The fourth-order valence-corrected chi connectivity index (χ4v) is 6.61. The van der Waals surface area contributed by atoms with E-state index in [1.54, 1.807) is 0 Å². The Bertz CT molecular complexity index is 781. The number of hydrogen-bond donors (Lipinski definition) is 1. The van der Waals surface area contributed by atoms with Gasteiger partial charge in [0, 0.05) is 0 Å². The molecule has 2 aromatic rings. The molecule has 1 heterocycles. The summed E-state index contributed by atoms with van der Waals surface area (Å²) < 4.78 is 7.37. The summed E-state index contributed by atoms with van der Waals surface area (Å²) in [6.07, 6.45) is 0.551. The van der Waals surface area contributed by atoms with Gasteiger partial charge in [-0.1, -0.05) is 0 Å². The van der Waals surface area contributed by atoms with Crippen molar-refractivity contribution in [3.05, 3.63) is 51.6 Å². The second-order valence-electron chi connectivity index (χ2n) is 5.25. The molecule has 4 nitrogen and oxygen atoms in total. The van der Waals surface area contributed by atoms with Crippen molar-refractivity contribution in [2.45, 2.75) is 19.4 Å². The molecule has 0 bridgehead atoms. The maximum absolute atomic E-state index is 11.9. The third-order valence-corrected chi connectivity index (χ3v) is 8.78. The molecule has 1 aliphatic heterocycles. The predicted octanol–water partition coefficient (Wildman–Crippen LogP) is 3.96. The van der Waals surface area contributed by atoms with Crippen molar-refractivity contribution in [1.82, 2.24) is 0 Å². The topological polar surface area (TPSA) is 76.1 Å². The van der Waals surface area contributed by atoms with Crippen LogP contribution in [0.5, 0.6) is 5.75 Å². The first-order valence-corrected chi connectivity index (χ1v) is 11.1. The summed E-state index contributed by atoms with van der Waals surface area (Å²) in [5.74, 6) is 0.738. The van der Waals surface area contributed by atoms with Gasteiger partial charge in [-0.25, -0.2) is 0 Å². The standard InChI is InChI=1S/C18H17IN2O2/c1-2-19-16-10-14(7-8-17(16)23-18(19)22)13-5-3-12(4-6-13)9-15(21)11-20/h3-8,10,15H,2,9,21H2,1H3. The minimum absolute atomic E-state index is 0.00955. The first-order chi connectivity index (χ1) is 11.1. The number of halogens is 1. The van der Waals surface area contributed by atoms with Crippen molar-refractivity contribution >= 4 is 23.8 Å². The molecule has 0 aromatic heterocycles. The van der Waals surface area contributed by atoms with Crippen LogP contribution in [0.2, 0.25) is 0 Å². The van der Waals surface area contributed by atoms with Crippen LogP contribution in [-0.2, 0) is 6.42 Å². The van der Waals surface area contributed by atoms with E-state index in [0.29, 0.717) is 6.42 Å². The Morgan fingerprint density at radius 3 is 2.57 bits per heavy atom. The van der Waals surface area contributed by atoms with Gasteiger partial charge < -0.3 is 0 Å². The van der Waals surface area contributed by atoms with E-state index in [1.165, 1.54) is 0 Å². The van der Waals surface area contributed by atoms with E-state index < -0.39 is 25.9 Å². The molecule has 0 fully saturated rings. The number of carbonyl (C=O) groups is 1. The number of nitriles is 1. The molecule has 0 radical (unpaired) electrons. The van der Waals surface area contributed by atoms with Crippen molar-refractivity contribution < 1.29 is 9.53 Å². The van der Waals surface area contributed by atoms with Gasteiger partial charge in [0.2, 0.25) is 0 Å². The van der Waals surface area contributed by atoms with Crippen molar-refractivity contribution in [2.24, 2.45) is 5.73 Å². The molecule has 0 saturated carbocycles. The molecular formula is C18H17IN2O2. The Balaban J connectivity index is 1.87. The number of hydrogen-bond acceptors (Lipinski definition) is 4. The molecule has 5 heteroatoms. The van der Waals surface area contributed by atoms with Crippen LogP contribution in [-0.4, -0.2) is 14.4 Å². The number of benzene rings is 2. The van der Waals surface area contributed by atoms with E-state index in [-0.39, 0.29) is 3.98 Å². The molecular weight excluding hydrogens is 403 g/mol. The van der Waals surface area contributed by atoms with Crippen molar-refractivity contribution in [2.75, 3.05) is 4.43 Å². The van der Waals surface area contributed by atoms with Crippen LogP contribution in [0.4, 0.5) is 4.79 Å². The average molecular weight is 420 g/mol. The number of fused-ring (bicyclic) bond motifs is 1. The first kappa shape index (κ1) is 16.0. The summed E-state index contributed by atoms with van der Waals surface area (Å²) in [5.41, 5.74) is 8.89. The monoisotopic (exact) mass is 420 g/mol. The zero-order chi connectivity index (χ0) is 16.4. The van der Waals surface area contributed by atoms with E-state index in [2.05, 4.69) is 13.0 Å². The van der Waals surface area contributed by atoms with Gasteiger partial charge in [0.15, 0.2) is 0 Å². The summed E-state index contributed by atoms with van der Waals surface area (Å²) in [7, 11) is 0. The fraction of sp³-hybridized carbons (Fsp3) is 0.222. The minimum atomic E-state index is -1.84. The molecule has 2 N–H and O–H groups in total. The van der Waals surface area contributed by atoms with E-state index >= 15 is 0 Å². The van der Waals surface area contributed by atoms with Gasteiger partial charge >= 0.3 is 143 Å². The van der Waals surface area contributed by atoms with E-state index in [9.17, 15) is 4.79 Å². The van der Waals surface area contributed by atoms with E-state index in [4.69, 9.17) is 15.7 Å². The average Bonchev–Trinajstić information content (AvgIpc) is 2.89. The molecule has 0 spiro atoms. The molecule has 1 aliphatic rings. The number of nitrogens with two attached hydrogens (primary N) is 1. The summed E-state index contributed by atoms with van der Waals surface area (Å²) in [6.45, 7) is 2.06. The Kier molecular flexibility index (Phi) is 4.64. The quantitative estimate of drug-likeness (QED) is 0.462. The summed E-state index contributed by atoms with van der Waals surface area (Å²) in [6, 6.07) is 15.6. The summed E-state index contributed by atoms with van der Waals surface area (Å²) in [4.78, 5) is 11.9. The normalized spacial score (nSPS) is 15.7. The van der Waals surface area contributed by atoms with Gasteiger partial charge in [-0.15, -0.1) is 0 Å². The molecule has 3 rings (SSSR count). The Morgan fingerprint density at radius 1 is 1.22 bits per heavy atom. The Morgan fingerprint density at radius 2 is 1.91 bits per heavy atom. The number of rotatable bonds is 4. The predicted molar refractivity (Wildman–Crippen MR) is 98.5 cm³/mol. The van der Waals surface area contributed by atoms with Crippen molar-refractivity contribution in [3.63, 3.8) is 0 Å². The van der Waals surface area contributed by atoms with Gasteiger partial charge in [-0.2, -0.15) is 0 Å². The van der Waals surface area contributed by atoms with Crippen molar-refractivity contribution in [3.8, 4) is 22.9 Å². The van der Waals surface area contributed by atoms with Crippen LogP contribution in [0.1, 0.15) is 12.5 Å². The third-order valence-electron chi connectivity index (χ3n) is 3.73. The van der Waals surface area contributed by atoms with Gasteiger partial charge in [0.05, 0.1) is 0 Å². The Hall–Kier alpha value is -1.91. The van der Waals surface area contributed by atoms with Gasteiger partial charge in [0.25, 0.3) is 0 Å². The number of ether oxygens (including phenoxy) is 1. The molecule has 0 saturated heterocycles. The number of carbonyl (C=O) groups excluding carboxylic acids is 1. The van der Waals surface area contributed by atoms with Gasteiger partial charge in [0.1, 0.15) is 0 Å². The Labute approximate surface area is 142 Å². The zero-order valence-electron chi connectivity index (χ0n) is 12.8. The van der Waals surface area contributed by atoms with Crippen molar-refractivity contribution in [1.29, 1.82) is 5.26 Å². The first-order valence-electron chi connectivity index (χ1n) is 7.38. The molecule has 0 aliphatic carbocycles. The van der Waals surface area contributed by atoms with Crippen LogP contribution >= 0.6 is 19.8 Å². The molecule has 118 valence electrons. The second kappa shape index (κ2) is 6.69. The van der Waals surface area contributed by atoms with Gasteiger partial charge in [-0.05, 0) is 0 Å². The maximum atomic E-state index is 11.9. The summed E-state index contributed by atoms with van der Waals surface area (Å²) >= 11 is -1.84. The molecule has 2 aromatic carbocycles. The molecule has 1 atom stereocenters. The molecule has 0 amide bonds. The van der Waals surface area contributed by atoms with E-state index in [0.717, 1.165) is 30.4 Å². The second-order valence-corrected chi connectivity index (χ2v) is 10.9. The van der Waals surface area contributed by atoms with Gasteiger partial charge in [-0.3, -0.25) is 0 Å². The van der Waals surface area contributed by atoms with Crippen LogP contribution in [0.25, 0.3) is 11.1 Å². The van der Waals surface area contributed by atoms with Crippen LogP contribution < -0.4 is 10.5 Å². The molecule has 1 unspecified atom stereocenters. The van der Waals surface area contributed by atoms with Crippen LogP contribution in [0.3, 0.4) is 0 Å².